The molecule has 0 aliphatic rings. The minimum absolute atomic E-state index is 0.117. The molecule has 6 nitrogen and oxygen atoms in total. The molecule has 1 heterocycles. The zero-order valence-electron chi connectivity index (χ0n) is 7.22. The summed E-state index contributed by atoms with van der Waals surface area (Å²) >= 11 is 1.02. The summed E-state index contributed by atoms with van der Waals surface area (Å²) < 4.78 is 21.4. The maximum atomic E-state index is 10.7. The van der Waals surface area contributed by atoms with Crippen LogP contribution in [0.15, 0.2) is 0 Å². The molecule has 0 amide bonds. The van der Waals surface area contributed by atoms with Crippen molar-refractivity contribution in [3.63, 3.8) is 0 Å². The zero-order chi connectivity index (χ0) is 10.9. The first-order chi connectivity index (χ1) is 6.29. The molecule has 1 rings (SSSR count). The third-order valence-electron chi connectivity index (χ3n) is 1.37. The minimum atomic E-state index is -3.65. The number of aromatic nitrogens is 1. The fourth-order valence-corrected chi connectivity index (χ4v) is 2.74. The molecule has 0 aliphatic heterocycles. The summed E-state index contributed by atoms with van der Waals surface area (Å²) in [7, 11) is -3.65. The topological polar surface area (TPSA) is 110 Å². The summed E-state index contributed by atoms with van der Waals surface area (Å²) in [5.41, 5.74) is -0.117. The highest BCUT2D eigenvalue weighted by atomic mass is 32.2. The first-order valence-corrected chi connectivity index (χ1v) is 6.03. The highest BCUT2D eigenvalue weighted by Crippen LogP contribution is 2.18. The van der Waals surface area contributed by atoms with Gasteiger partial charge in [0.25, 0.3) is 0 Å². The molecule has 0 unspecified atom stereocenters. The van der Waals surface area contributed by atoms with Gasteiger partial charge in [0.05, 0.1) is 0 Å². The van der Waals surface area contributed by atoms with E-state index in [2.05, 4.69) is 4.98 Å². The van der Waals surface area contributed by atoms with Gasteiger partial charge >= 0.3 is 5.97 Å². The lowest BCUT2D eigenvalue weighted by molar-refractivity contribution is 0.0690. The number of carboxylic acids is 1. The van der Waals surface area contributed by atoms with Gasteiger partial charge in [-0.25, -0.2) is 23.3 Å². The number of aryl methyl sites for hydroxylation is 1. The van der Waals surface area contributed by atoms with Crippen LogP contribution in [0.1, 0.15) is 20.4 Å². The van der Waals surface area contributed by atoms with Crippen molar-refractivity contribution in [3.05, 3.63) is 15.6 Å². The van der Waals surface area contributed by atoms with Crippen molar-refractivity contribution in [2.45, 2.75) is 12.7 Å². The van der Waals surface area contributed by atoms with Crippen molar-refractivity contribution in [2.75, 3.05) is 0 Å². The van der Waals surface area contributed by atoms with Crippen LogP contribution in [0.2, 0.25) is 0 Å². The van der Waals surface area contributed by atoms with Gasteiger partial charge in [0, 0.05) is 4.88 Å². The first-order valence-electron chi connectivity index (χ1n) is 3.49. The second-order valence-corrected chi connectivity index (χ2v) is 5.53. The monoisotopic (exact) mass is 236 g/mol. The van der Waals surface area contributed by atoms with Gasteiger partial charge in [-0.15, -0.1) is 11.3 Å². The first kappa shape index (κ1) is 11.1. The number of primary sulfonamides is 1. The molecule has 0 aromatic carbocycles. The zero-order valence-corrected chi connectivity index (χ0v) is 8.85. The number of thiazole rings is 1. The van der Waals surface area contributed by atoms with E-state index in [1.165, 1.54) is 0 Å². The van der Waals surface area contributed by atoms with Crippen molar-refractivity contribution in [1.29, 1.82) is 0 Å². The van der Waals surface area contributed by atoms with Crippen LogP contribution in [-0.2, 0) is 15.8 Å². The van der Waals surface area contributed by atoms with E-state index in [-0.39, 0.29) is 10.7 Å². The van der Waals surface area contributed by atoms with Crippen molar-refractivity contribution in [2.24, 2.45) is 5.14 Å². The van der Waals surface area contributed by atoms with Gasteiger partial charge < -0.3 is 5.11 Å². The highest BCUT2D eigenvalue weighted by Gasteiger charge is 2.16. The Balaban J connectivity index is 3.04. The van der Waals surface area contributed by atoms with Crippen LogP contribution >= 0.6 is 11.3 Å². The fourth-order valence-electron chi connectivity index (χ4n) is 0.884. The third-order valence-corrected chi connectivity index (χ3v) is 3.20. The standard InChI is InChI=1S/C6H8N2O4S2/c1-3-5(6(9)10)8-4(13-3)2-14(7,11)12/h2H2,1H3,(H,9,10)(H2,7,11,12). The number of carbonyl (C=O) groups is 1. The lowest BCUT2D eigenvalue weighted by Gasteiger charge is -1.90. The van der Waals surface area contributed by atoms with E-state index in [9.17, 15) is 13.2 Å². The average molecular weight is 236 g/mol. The molecule has 0 radical (unpaired) electrons. The predicted molar refractivity (Wildman–Crippen MR) is 50.6 cm³/mol. The molecule has 0 fully saturated rings. The lowest BCUT2D eigenvalue weighted by atomic mass is 10.4. The van der Waals surface area contributed by atoms with Crippen molar-refractivity contribution >= 4 is 27.3 Å². The minimum Gasteiger partial charge on any atom is -0.476 e. The van der Waals surface area contributed by atoms with Crippen LogP contribution in [0.3, 0.4) is 0 Å². The maximum Gasteiger partial charge on any atom is 0.355 e. The van der Waals surface area contributed by atoms with Crippen LogP contribution in [0.5, 0.6) is 0 Å². The molecule has 78 valence electrons. The Morgan fingerprint density at radius 3 is 2.57 bits per heavy atom. The van der Waals surface area contributed by atoms with E-state index >= 15 is 0 Å². The largest absolute Gasteiger partial charge is 0.476 e. The summed E-state index contributed by atoms with van der Waals surface area (Å²) in [6.07, 6.45) is 0. The Morgan fingerprint density at radius 2 is 2.21 bits per heavy atom. The molecule has 1 aromatic rings. The second kappa shape index (κ2) is 3.64. The van der Waals surface area contributed by atoms with Gasteiger partial charge in [-0.1, -0.05) is 0 Å². The summed E-state index contributed by atoms with van der Waals surface area (Å²) in [4.78, 5) is 14.7. The number of sulfonamides is 1. The lowest BCUT2D eigenvalue weighted by Crippen LogP contribution is -2.14. The molecule has 0 bridgehead atoms. The van der Waals surface area contributed by atoms with Gasteiger partial charge in [-0.2, -0.15) is 0 Å². The van der Waals surface area contributed by atoms with Gasteiger partial charge in [0.1, 0.15) is 10.8 Å². The number of nitrogens with two attached hydrogens (primary N) is 1. The molecule has 0 aliphatic carbocycles. The Kier molecular flexibility index (Phi) is 2.88. The van der Waals surface area contributed by atoms with Gasteiger partial charge in [0.15, 0.2) is 5.69 Å². The summed E-state index contributed by atoms with van der Waals surface area (Å²) in [6, 6.07) is 0. The Hall–Kier alpha value is -0.990. The van der Waals surface area contributed by atoms with Crippen LogP contribution in [0.4, 0.5) is 0 Å². The highest BCUT2D eigenvalue weighted by molar-refractivity contribution is 7.88. The van der Waals surface area contributed by atoms with E-state index in [0.29, 0.717) is 4.88 Å². The molecule has 1 aromatic heterocycles. The van der Waals surface area contributed by atoms with E-state index in [0.717, 1.165) is 11.3 Å². The maximum absolute atomic E-state index is 10.7. The van der Waals surface area contributed by atoms with Gasteiger partial charge in [0.2, 0.25) is 10.0 Å². The van der Waals surface area contributed by atoms with Crippen LogP contribution in [0.25, 0.3) is 0 Å². The molecule has 0 saturated heterocycles. The molecule has 3 N–H and O–H groups in total. The average Bonchev–Trinajstić information content (AvgIpc) is 2.26. The van der Waals surface area contributed by atoms with Gasteiger partial charge in [-0.05, 0) is 6.92 Å². The van der Waals surface area contributed by atoms with Crippen LogP contribution in [0, 0.1) is 6.92 Å². The SMILES string of the molecule is Cc1sc(CS(N)(=O)=O)nc1C(=O)O. The predicted octanol–water partition coefficient (Wildman–Crippen LogP) is -0.0618. The smallest absolute Gasteiger partial charge is 0.355 e. The molecule has 0 spiro atoms. The molecular formula is C6H8N2O4S2. The van der Waals surface area contributed by atoms with Crippen molar-refractivity contribution in [3.8, 4) is 0 Å². The number of nitrogens with zero attached hydrogens (tertiary/aromatic N) is 1. The number of hydrogen-bond donors (Lipinski definition) is 2. The molecule has 8 heteroatoms. The number of aromatic carboxylic acids is 1. The molecule has 0 atom stereocenters. The second-order valence-electron chi connectivity index (χ2n) is 2.62. The quantitative estimate of drug-likeness (QED) is 0.763. The Bertz CT molecular complexity index is 462. The Labute approximate surface area is 84.4 Å². The van der Waals surface area contributed by atoms with E-state index < -0.39 is 21.7 Å². The summed E-state index contributed by atoms with van der Waals surface area (Å²) in [5, 5.41) is 13.6. The van der Waals surface area contributed by atoms with Crippen molar-refractivity contribution in [1.82, 2.24) is 4.98 Å². The van der Waals surface area contributed by atoms with Crippen LogP contribution in [-0.4, -0.2) is 24.5 Å². The summed E-state index contributed by atoms with van der Waals surface area (Å²) in [6.45, 7) is 1.56. The molecule has 14 heavy (non-hydrogen) atoms. The number of hydrogen-bond acceptors (Lipinski definition) is 5. The van der Waals surface area contributed by atoms with Gasteiger partial charge in [-0.3, -0.25) is 0 Å². The van der Waals surface area contributed by atoms with E-state index in [1.54, 1.807) is 6.92 Å². The molecule has 0 saturated carbocycles. The molecular weight excluding hydrogens is 228 g/mol. The van der Waals surface area contributed by atoms with E-state index in [4.69, 9.17) is 10.2 Å². The fraction of sp³-hybridized carbons (Fsp3) is 0.333. The van der Waals surface area contributed by atoms with E-state index in [1.807, 2.05) is 0 Å². The number of rotatable bonds is 3. The summed E-state index contributed by atoms with van der Waals surface area (Å²) in [5.74, 6) is -1.59. The van der Waals surface area contributed by atoms with Crippen molar-refractivity contribution < 1.29 is 18.3 Å². The normalized spacial score (nSPS) is 11.6. The van der Waals surface area contributed by atoms with Crippen LogP contribution < -0.4 is 5.14 Å². The Morgan fingerprint density at radius 1 is 1.64 bits per heavy atom. The number of carboxylic acid groups (broad SMARTS) is 1. The third kappa shape index (κ3) is 2.76.